The second-order valence-corrected chi connectivity index (χ2v) is 3.73. The smallest absolute Gasteiger partial charge is 0.239 e. The number of nitrogens with zero attached hydrogens (tertiary/aromatic N) is 3. The van der Waals surface area contributed by atoms with Gasteiger partial charge in [0.25, 0.3) is 0 Å². The molecule has 1 heterocycles. The van der Waals surface area contributed by atoms with Crippen LogP contribution in [0.4, 0.5) is 0 Å². The Morgan fingerprint density at radius 3 is 2.87 bits per heavy atom. The Bertz CT molecular complexity index is 334. The molecule has 0 aromatic carbocycles. The van der Waals surface area contributed by atoms with E-state index in [1.807, 2.05) is 20.2 Å². The minimum Gasteiger partial charge on any atom is -0.340 e. The number of carbonyl (C=O) groups is 1. The van der Waals surface area contributed by atoms with Crippen LogP contribution in [0.2, 0.25) is 0 Å². The van der Waals surface area contributed by atoms with Gasteiger partial charge in [-0.15, -0.1) is 0 Å². The molecule has 0 aliphatic carbocycles. The van der Waals surface area contributed by atoms with Crippen molar-refractivity contribution < 1.29 is 4.79 Å². The van der Waals surface area contributed by atoms with Crippen molar-refractivity contribution in [3.8, 4) is 0 Å². The summed E-state index contributed by atoms with van der Waals surface area (Å²) in [7, 11) is 3.61. The molecule has 2 N–H and O–H groups in total. The van der Waals surface area contributed by atoms with E-state index in [2.05, 4.69) is 5.10 Å². The van der Waals surface area contributed by atoms with Gasteiger partial charge in [0.1, 0.15) is 0 Å². The van der Waals surface area contributed by atoms with E-state index >= 15 is 0 Å². The molecule has 1 rings (SSSR count). The summed E-state index contributed by atoms with van der Waals surface area (Å²) in [4.78, 5) is 13.3. The van der Waals surface area contributed by atoms with Crippen molar-refractivity contribution in [3.63, 3.8) is 0 Å². The van der Waals surface area contributed by atoms with Crippen molar-refractivity contribution in [1.29, 1.82) is 0 Å². The highest BCUT2D eigenvalue weighted by atomic mass is 16.2. The van der Waals surface area contributed by atoms with Gasteiger partial charge in [-0.2, -0.15) is 5.10 Å². The second-order valence-electron chi connectivity index (χ2n) is 3.73. The highest BCUT2D eigenvalue weighted by molar-refractivity contribution is 5.81. The first-order chi connectivity index (χ1) is 7.04. The third-order valence-electron chi connectivity index (χ3n) is 2.31. The Morgan fingerprint density at radius 1 is 1.73 bits per heavy atom. The van der Waals surface area contributed by atoms with Gasteiger partial charge < -0.3 is 10.6 Å². The molecular formula is C10H18N4O. The predicted molar refractivity (Wildman–Crippen MR) is 57.9 cm³/mol. The standard InChI is InChI=1S/C10H18N4O/c1-4-9(11)10(15)13(2)6-8-5-12-14(3)7-8/h5,7,9H,4,6,11H2,1-3H3/t9-/m0/s1. The summed E-state index contributed by atoms with van der Waals surface area (Å²) in [6, 6.07) is -0.397. The molecule has 5 nitrogen and oxygen atoms in total. The molecular weight excluding hydrogens is 192 g/mol. The van der Waals surface area contributed by atoms with E-state index in [9.17, 15) is 4.79 Å². The monoisotopic (exact) mass is 210 g/mol. The molecule has 1 atom stereocenters. The highest BCUT2D eigenvalue weighted by Gasteiger charge is 2.16. The first kappa shape index (κ1) is 11.7. The molecule has 0 radical (unpaired) electrons. The summed E-state index contributed by atoms with van der Waals surface area (Å²) >= 11 is 0. The van der Waals surface area contributed by atoms with E-state index in [4.69, 9.17) is 5.73 Å². The van der Waals surface area contributed by atoms with Crippen molar-refractivity contribution in [1.82, 2.24) is 14.7 Å². The van der Waals surface area contributed by atoms with Crippen LogP contribution in [0.25, 0.3) is 0 Å². The normalized spacial score (nSPS) is 12.5. The zero-order valence-corrected chi connectivity index (χ0v) is 9.47. The number of aryl methyl sites for hydroxylation is 1. The van der Waals surface area contributed by atoms with E-state index in [0.29, 0.717) is 13.0 Å². The fourth-order valence-electron chi connectivity index (χ4n) is 1.36. The Balaban J connectivity index is 2.55. The summed E-state index contributed by atoms with van der Waals surface area (Å²) in [6.45, 7) is 2.46. The predicted octanol–water partition coefficient (Wildman–Crippen LogP) is 0.116. The Labute approximate surface area is 89.9 Å². The minimum atomic E-state index is -0.397. The van der Waals surface area contributed by atoms with Crippen LogP contribution in [-0.2, 0) is 18.4 Å². The molecule has 1 amide bonds. The summed E-state index contributed by atoms with van der Waals surface area (Å²) in [5.41, 5.74) is 6.68. The fraction of sp³-hybridized carbons (Fsp3) is 0.600. The van der Waals surface area contributed by atoms with E-state index in [1.165, 1.54) is 0 Å². The van der Waals surface area contributed by atoms with Gasteiger partial charge in [0.2, 0.25) is 5.91 Å². The van der Waals surface area contributed by atoms with Gasteiger partial charge in [-0.1, -0.05) is 6.92 Å². The molecule has 0 spiro atoms. The number of hydrogen-bond acceptors (Lipinski definition) is 3. The lowest BCUT2D eigenvalue weighted by Gasteiger charge is -2.19. The van der Waals surface area contributed by atoms with E-state index in [-0.39, 0.29) is 5.91 Å². The quantitative estimate of drug-likeness (QED) is 0.767. The first-order valence-corrected chi connectivity index (χ1v) is 5.02. The fourth-order valence-corrected chi connectivity index (χ4v) is 1.36. The third-order valence-corrected chi connectivity index (χ3v) is 2.31. The maximum absolute atomic E-state index is 11.7. The average Bonchev–Trinajstić information content (AvgIpc) is 2.61. The summed E-state index contributed by atoms with van der Waals surface area (Å²) < 4.78 is 1.72. The maximum Gasteiger partial charge on any atom is 0.239 e. The lowest BCUT2D eigenvalue weighted by molar-refractivity contribution is -0.131. The van der Waals surface area contributed by atoms with Crippen molar-refractivity contribution in [2.24, 2.45) is 12.8 Å². The number of hydrogen-bond donors (Lipinski definition) is 1. The summed E-state index contributed by atoms with van der Waals surface area (Å²) in [6.07, 6.45) is 4.30. The van der Waals surface area contributed by atoms with Crippen molar-refractivity contribution in [2.75, 3.05) is 7.05 Å². The lowest BCUT2D eigenvalue weighted by atomic mass is 10.2. The number of likely N-dealkylation sites (N-methyl/N-ethyl adjacent to an activating group) is 1. The SMILES string of the molecule is CC[C@H](N)C(=O)N(C)Cc1cnn(C)c1. The number of carbonyl (C=O) groups excluding carboxylic acids is 1. The van der Waals surface area contributed by atoms with Gasteiger partial charge in [-0.3, -0.25) is 9.48 Å². The summed E-state index contributed by atoms with van der Waals surface area (Å²) in [5.74, 6) is -0.0265. The van der Waals surface area contributed by atoms with E-state index < -0.39 is 6.04 Å². The van der Waals surface area contributed by atoms with Crippen LogP contribution >= 0.6 is 0 Å². The number of amides is 1. The van der Waals surface area contributed by atoms with E-state index in [1.54, 1.807) is 22.8 Å². The van der Waals surface area contributed by atoms with Crippen LogP contribution in [-0.4, -0.2) is 33.7 Å². The molecule has 0 saturated carbocycles. The number of nitrogens with two attached hydrogens (primary N) is 1. The molecule has 0 aliphatic heterocycles. The molecule has 0 unspecified atom stereocenters. The molecule has 0 bridgehead atoms. The molecule has 84 valence electrons. The van der Waals surface area contributed by atoms with Crippen molar-refractivity contribution in [2.45, 2.75) is 25.9 Å². The Hall–Kier alpha value is -1.36. The van der Waals surface area contributed by atoms with Crippen LogP contribution in [0.3, 0.4) is 0 Å². The second kappa shape index (κ2) is 4.93. The number of aromatic nitrogens is 2. The molecule has 1 aromatic rings. The average molecular weight is 210 g/mol. The van der Waals surface area contributed by atoms with Crippen LogP contribution in [0.1, 0.15) is 18.9 Å². The zero-order chi connectivity index (χ0) is 11.4. The van der Waals surface area contributed by atoms with Gasteiger partial charge in [-0.25, -0.2) is 0 Å². The summed E-state index contributed by atoms with van der Waals surface area (Å²) in [5, 5.41) is 4.04. The van der Waals surface area contributed by atoms with Gasteiger partial charge in [0.05, 0.1) is 12.2 Å². The van der Waals surface area contributed by atoms with Crippen LogP contribution in [0, 0.1) is 0 Å². The first-order valence-electron chi connectivity index (χ1n) is 5.02. The maximum atomic E-state index is 11.7. The van der Waals surface area contributed by atoms with Gasteiger partial charge in [-0.05, 0) is 6.42 Å². The van der Waals surface area contributed by atoms with E-state index in [0.717, 1.165) is 5.56 Å². The van der Waals surface area contributed by atoms with Crippen LogP contribution in [0.5, 0.6) is 0 Å². The van der Waals surface area contributed by atoms with Gasteiger partial charge in [0.15, 0.2) is 0 Å². The van der Waals surface area contributed by atoms with Gasteiger partial charge >= 0.3 is 0 Å². The largest absolute Gasteiger partial charge is 0.340 e. The molecule has 0 saturated heterocycles. The van der Waals surface area contributed by atoms with Crippen LogP contribution < -0.4 is 5.73 Å². The molecule has 5 heteroatoms. The van der Waals surface area contributed by atoms with Crippen molar-refractivity contribution >= 4 is 5.91 Å². The zero-order valence-electron chi connectivity index (χ0n) is 9.47. The highest BCUT2D eigenvalue weighted by Crippen LogP contribution is 2.03. The minimum absolute atomic E-state index is 0.0265. The van der Waals surface area contributed by atoms with Crippen LogP contribution in [0.15, 0.2) is 12.4 Å². The Morgan fingerprint density at radius 2 is 2.40 bits per heavy atom. The molecule has 15 heavy (non-hydrogen) atoms. The Kier molecular flexibility index (Phi) is 3.85. The molecule has 0 fully saturated rings. The lowest BCUT2D eigenvalue weighted by Crippen LogP contribution is -2.40. The molecule has 0 aliphatic rings. The third kappa shape index (κ3) is 3.06. The number of rotatable bonds is 4. The van der Waals surface area contributed by atoms with Gasteiger partial charge in [0, 0.05) is 32.4 Å². The topological polar surface area (TPSA) is 64.2 Å². The molecule has 1 aromatic heterocycles. The van der Waals surface area contributed by atoms with Crippen molar-refractivity contribution in [3.05, 3.63) is 18.0 Å².